The molecule has 1 saturated heterocycles. The fraction of sp³-hybridized carbons (Fsp3) is 0.435. The van der Waals surface area contributed by atoms with Gasteiger partial charge < -0.3 is 15.0 Å². The first-order valence-corrected chi connectivity index (χ1v) is 11.4. The normalized spacial score (nSPS) is 15.3. The van der Waals surface area contributed by atoms with Crippen LogP contribution >= 0.6 is 11.6 Å². The Labute approximate surface area is 197 Å². The molecule has 2 aromatic heterocycles. The van der Waals surface area contributed by atoms with Gasteiger partial charge in [-0.15, -0.1) is 5.10 Å². The summed E-state index contributed by atoms with van der Waals surface area (Å²) in [6.45, 7) is 6.41. The van der Waals surface area contributed by atoms with Gasteiger partial charge >= 0.3 is 0 Å². The molecule has 9 nitrogen and oxygen atoms in total. The Morgan fingerprint density at radius 1 is 1.33 bits per heavy atom. The summed E-state index contributed by atoms with van der Waals surface area (Å²) in [5.41, 5.74) is 2.08. The lowest BCUT2D eigenvalue weighted by atomic mass is 9.69. The molecule has 0 bridgehead atoms. The summed E-state index contributed by atoms with van der Waals surface area (Å²) >= 11 is 5.99. The first kappa shape index (κ1) is 23.1. The molecule has 0 atom stereocenters. The number of hydrogen-bond acceptors (Lipinski definition) is 7. The van der Waals surface area contributed by atoms with E-state index in [1.54, 1.807) is 13.2 Å². The van der Waals surface area contributed by atoms with Gasteiger partial charge in [0.05, 0.1) is 18.7 Å². The van der Waals surface area contributed by atoms with E-state index in [1.165, 1.54) is 11.8 Å². The van der Waals surface area contributed by atoms with Gasteiger partial charge in [-0.1, -0.05) is 49.7 Å². The number of rotatable bonds is 9. The zero-order valence-corrected chi connectivity index (χ0v) is 19.8. The summed E-state index contributed by atoms with van der Waals surface area (Å²) < 4.78 is 5.40. The second-order valence-electron chi connectivity index (χ2n) is 8.65. The molecule has 174 valence electrons. The van der Waals surface area contributed by atoms with Crippen molar-refractivity contribution in [3.8, 4) is 5.75 Å². The molecule has 1 aromatic carbocycles. The number of methoxy groups -OCH3 is 1. The lowest BCUT2D eigenvalue weighted by Crippen LogP contribution is -2.65. The number of aromatic amines is 1. The molecule has 3 aromatic rings. The maximum Gasteiger partial charge on any atom is 0.237 e. The van der Waals surface area contributed by atoms with Gasteiger partial charge in [0.25, 0.3) is 0 Å². The van der Waals surface area contributed by atoms with E-state index < -0.39 is 5.41 Å². The summed E-state index contributed by atoms with van der Waals surface area (Å²) in [6, 6.07) is 9.80. The van der Waals surface area contributed by atoms with Crippen LogP contribution in [0.25, 0.3) is 0 Å². The number of nitrogens with zero attached hydrogens (tertiary/aromatic N) is 5. The Bertz CT molecular complexity index is 1100. The highest BCUT2D eigenvalue weighted by Crippen LogP contribution is 2.40. The number of benzene rings is 1. The minimum atomic E-state index is -0.667. The number of anilines is 1. The van der Waals surface area contributed by atoms with Crippen LogP contribution in [-0.2, 0) is 16.6 Å². The Morgan fingerprint density at radius 2 is 2.12 bits per heavy atom. The number of H-pyrrole nitrogens is 1. The maximum atomic E-state index is 13.8. The third-order valence-corrected chi connectivity index (χ3v) is 6.30. The third kappa shape index (κ3) is 4.84. The SMILES string of the molecule is COc1cc(Cl)ncc1NC(=O)C1(c2ccccc2C(C)C)CN(CCCc2nnn[nH]2)C1. The standard InChI is InChI=1S/C23H28ClN7O2/c1-15(2)16-7-4-5-8-17(16)23(13-31(14-23)10-6-9-21-27-29-30-28-21)22(32)26-18-12-25-20(24)11-19(18)33-3/h4-5,7-8,11-12,15H,6,9-10,13-14H2,1-3H3,(H,26,32)(H,27,28,29,30). The van der Waals surface area contributed by atoms with Crippen molar-refractivity contribution in [2.24, 2.45) is 0 Å². The van der Waals surface area contributed by atoms with Crippen LogP contribution in [0.4, 0.5) is 5.69 Å². The molecule has 10 heteroatoms. The molecule has 1 aliphatic rings. The minimum absolute atomic E-state index is 0.0753. The zero-order chi connectivity index (χ0) is 23.4. The van der Waals surface area contributed by atoms with Crippen molar-refractivity contribution in [2.45, 2.75) is 38.0 Å². The van der Waals surface area contributed by atoms with Gasteiger partial charge in [-0.2, -0.15) is 0 Å². The van der Waals surface area contributed by atoms with E-state index in [4.69, 9.17) is 16.3 Å². The van der Waals surface area contributed by atoms with Gasteiger partial charge in [-0.3, -0.25) is 4.79 Å². The van der Waals surface area contributed by atoms with Gasteiger partial charge in [-0.25, -0.2) is 10.1 Å². The quantitative estimate of drug-likeness (QED) is 0.463. The van der Waals surface area contributed by atoms with E-state index in [9.17, 15) is 4.79 Å². The molecule has 4 rings (SSSR count). The zero-order valence-electron chi connectivity index (χ0n) is 19.0. The maximum absolute atomic E-state index is 13.8. The molecule has 1 fully saturated rings. The van der Waals surface area contributed by atoms with Crippen LogP contribution in [0, 0.1) is 0 Å². The van der Waals surface area contributed by atoms with E-state index in [1.807, 2.05) is 12.1 Å². The van der Waals surface area contributed by atoms with Crippen molar-refractivity contribution in [3.05, 3.63) is 58.6 Å². The van der Waals surface area contributed by atoms with Gasteiger partial charge in [0.2, 0.25) is 5.91 Å². The molecule has 0 saturated carbocycles. The highest BCUT2D eigenvalue weighted by molar-refractivity contribution is 6.29. The molecular weight excluding hydrogens is 442 g/mol. The van der Waals surface area contributed by atoms with Gasteiger partial charge in [0, 0.05) is 25.6 Å². The van der Waals surface area contributed by atoms with E-state index in [-0.39, 0.29) is 5.91 Å². The van der Waals surface area contributed by atoms with Crippen molar-refractivity contribution in [2.75, 3.05) is 32.1 Å². The Hall–Kier alpha value is -3.04. The second-order valence-corrected chi connectivity index (χ2v) is 9.03. The van der Waals surface area contributed by atoms with Crippen molar-refractivity contribution in [1.29, 1.82) is 0 Å². The van der Waals surface area contributed by atoms with E-state index in [0.717, 1.165) is 30.8 Å². The molecule has 1 aliphatic heterocycles. The summed E-state index contributed by atoms with van der Waals surface area (Å²) in [5.74, 6) is 1.47. The molecule has 0 spiro atoms. The third-order valence-electron chi connectivity index (χ3n) is 6.10. The number of aromatic nitrogens is 5. The van der Waals surface area contributed by atoms with E-state index >= 15 is 0 Å². The summed E-state index contributed by atoms with van der Waals surface area (Å²) in [7, 11) is 1.54. The van der Waals surface area contributed by atoms with Crippen molar-refractivity contribution in [3.63, 3.8) is 0 Å². The molecule has 0 radical (unpaired) electrons. The molecule has 0 aliphatic carbocycles. The monoisotopic (exact) mass is 469 g/mol. The number of tetrazole rings is 1. The number of amides is 1. The van der Waals surface area contributed by atoms with Crippen molar-refractivity contribution < 1.29 is 9.53 Å². The fourth-order valence-electron chi connectivity index (χ4n) is 4.42. The van der Waals surface area contributed by atoms with Crippen LogP contribution in [0.15, 0.2) is 36.5 Å². The average molecular weight is 470 g/mol. The molecule has 3 heterocycles. The summed E-state index contributed by atoms with van der Waals surface area (Å²) in [4.78, 5) is 20.2. The van der Waals surface area contributed by atoms with Crippen LogP contribution in [0.2, 0.25) is 5.15 Å². The smallest absolute Gasteiger partial charge is 0.237 e. The van der Waals surface area contributed by atoms with Gasteiger partial charge in [-0.05, 0) is 40.4 Å². The Kier molecular flexibility index (Phi) is 6.90. The molecule has 1 amide bonds. The average Bonchev–Trinajstić information content (AvgIpc) is 3.30. The fourth-order valence-corrected chi connectivity index (χ4v) is 4.57. The lowest BCUT2D eigenvalue weighted by molar-refractivity contribution is -0.128. The van der Waals surface area contributed by atoms with Crippen LogP contribution in [0.5, 0.6) is 5.75 Å². The van der Waals surface area contributed by atoms with E-state index in [0.29, 0.717) is 35.6 Å². The Balaban J connectivity index is 1.56. The first-order chi connectivity index (χ1) is 15.9. The number of likely N-dealkylation sites (tertiary alicyclic amines) is 1. The number of carbonyl (C=O) groups is 1. The van der Waals surface area contributed by atoms with E-state index in [2.05, 4.69) is 61.8 Å². The van der Waals surface area contributed by atoms with Crippen LogP contribution in [0.1, 0.15) is 43.1 Å². The number of ether oxygens (including phenoxy) is 1. The first-order valence-electron chi connectivity index (χ1n) is 11.0. The van der Waals surface area contributed by atoms with Crippen LogP contribution in [0.3, 0.4) is 0 Å². The number of halogens is 1. The highest BCUT2D eigenvalue weighted by atomic mass is 35.5. The van der Waals surface area contributed by atoms with Crippen LogP contribution < -0.4 is 10.1 Å². The summed E-state index contributed by atoms with van der Waals surface area (Å²) in [6.07, 6.45) is 3.19. The van der Waals surface area contributed by atoms with Crippen molar-refractivity contribution >= 4 is 23.2 Å². The van der Waals surface area contributed by atoms with Gasteiger partial charge in [0.15, 0.2) is 0 Å². The van der Waals surface area contributed by atoms with Crippen LogP contribution in [-0.4, -0.2) is 63.2 Å². The largest absolute Gasteiger partial charge is 0.494 e. The highest BCUT2D eigenvalue weighted by Gasteiger charge is 2.51. The number of aryl methyl sites for hydroxylation is 1. The molecule has 0 unspecified atom stereocenters. The number of nitrogens with one attached hydrogen (secondary N) is 2. The molecule has 33 heavy (non-hydrogen) atoms. The predicted molar refractivity (Wildman–Crippen MR) is 126 cm³/mol. The minimum Gasteiger partial charge on any atom is -0.494 e. The number of carbonyl (C=O) groups excluding carboxylic acids is 1. The molecule has 2 N–H and O–H groups in total. The lowest BCUT2D eigenvalue weighted by Gasteiger charge is -2.50. The van der Waals surface area contributed by atoms with Gasteiger partial charge in [0.1, 0.15) is 22.4 Å². The predicted octanol–water partition coefficient (Wildman–Crippen LogP) is 3.21. The second kappa shape index (κ2) is 9.84. The number of pyridine rings is 1. The molecular formula is C23H28ClN7O2. The Morgan fingerprint density at radius 3 is 2.82 bits per heavy atom. The van der Waals surface area contributed by atoms with Crippen molar-refractivity contribution in [1.82, 2.24) is 30.5 Å². The number of hydrogen-bond donors (Lipinski definition) is 2. The summed E-state index contributed by atoms with van der Waals surface area (Å²) in [5, 5.41) is 17.3. The topological polar surface area (TPSA) is 109 Å².